The maximum atomic E-state index is 9.66. The molecule has 0 aromatic rings. The third-order valence-corrected chi connectivity index (χ3v) is 4.09. The fourth-order valence-electron chi connectivity index (χ4n) is 2.43. The summed E-state index contributed by atoms with van der Waals surface area (Å²) >= 11 is 0. The van der Waals surface area contributed by atoms with Crippen molar-refractivity contribution in [1.82, 2.24) is 10.2 Å². The van der Waals surface area contributed by atoms with Gasteiger partial charge in [-0.3, -0.25) is 0 Å². The van der Waals surface area contributed by atoms with E-state index in [1.165, 1.54) is 19.3 Å². The first-order chi connectivity index (χ1) is 8.19. The molecule has 1 rings (SSSR count). The molecule has 17 heavy (non-hydrogen) atoms. The molecule has 1 aliphatic carbocycles. The predicted molar refractivity (Wildman–Crippen MR) is 73.3 cm³/mol. The molecule has 2 N–H and O–H groups in total. The average molecular weight is 242 g/mol. The quantitative estimate of drug-likeness (QED) is 0.615. The third kappa shape index (κ3) is 4.94. The number of nitrogens with one attached hydrogen (secondary N) is 1. The first-order valence-corrected chi connectivity index (χ1v) is 7.30. The Morgan fingerprint density at radius 2 is 1.88 bits per heavy atom. The van der Waals surface area contributed by atoms with Crippen LogP contribution in [-0.4, -0.2) is 47.8 Å². The van der Waals surface area contributed by atoms with Crippen LogP contribution < -0.4 is 5.32 Å². The van der Waals surface area contributed by atoms with Gasteiger partial charge in [0.15, 0.2) is 0 Å². The maximum Gasteiger partial charge on any atom is 0.0613 e. The van der Waals surface area contributed by atoms with Crippen molar-refractivity contribution in [2.75, 3.05) is 26.2 Å². The van der Waals surface area contributed by atoms with Gasteiger partial charge in [0.2, 0.25) is 0 Å². The Morgan fingerprint density at radius 3 is 2.29 bits per heavy atom. The zero-order valence-electron chi connectivity index (χ0n) is 11.8. The average Bonchev–Trinajstić information content (AvgIpc) is 3.17. The Morgan fingerprint density at radius 1 is 1.24 bits per heavy atom. The van der Waals surface area contributed by atoms with E-state index in [4.69, 9.17) is 0 Å². The van der Waals surface area contributed by atoms with Gasteiger partial charge in [-0.1, -0.05) is 20.8 Å². The second-order valence-corrected chi connectivity index (χ2v) is 5.34. The molecule has 1 aliphatic rings. The van der Waals surface area contributed by atoms with Gasteiger partial charge in [0, 0.05) is 11.6 Å². The van der Waals surface area contributed by atoms with E-state index in [0.717, 1.165) is 32.5 Å². The summed E-state index contributed by atoms with van der Waals surface area (Å²) in [6.45, 7) is 10.3. The molecule has 1 saturated carbocycles. The van der Waals surface area contributed by atoms with Gasteiger partial charge >= 0.3 is 0 Å². The van der Waals surface area contributed by atoms with Gasteiger partial charge in [-0.25, -0.2) is 0 Å². The highest BCUT2D eigenvalue weighted by molar-refractivity contribution is 4.94. The van der Waals surface area contributed by atoms with Gasteiger partial charge in [-0.15, -0.1) is 0 Å². The first kappa shape index (κ1) is 14.9. The summed E-state index contributed by atoms with van der Waals surface area (Å²) in [5.41, 5.74) is -0.0195. The second kappa shape index (κ2) is 7.34. The standard InChI is InChI=1S/C14H30N2O/c1-4-14(12-17,15-13-8-9-13)10-7-11-16(5-2)6-3/h13,15,17H,4-12H2,1-3H3. The molecule has 102 valence electrons. The summed E-state index contributed by atoms with van der Waals surface area (Å²) in [4.78, 5) is 2.45. The van der Waals surface area contributed by atoms with Gasteiger partial charge in [0.25, 0.3) is 0 Å². The van der Waals surface area contributed by atoms with Crippen LogP contribution in [0.2, 0.25) is 0 Å². The fraction of sp³-hybridized carbons (Fsp3) is 1.00. The zero-order chi connectivity index (χ0) is 12.7. The molecule has 1 fully saturated rings. The van der Waals surface area contributed by atoms with E-state index in [0.29, 0.717) is 6.04 Å². The molecule has 0 amide bonds. The lowest BCUT2D eigenvalue weighted by Gasteiger charge is -2.33. The number of rotatable bonds is 10. The lowest BCUT2D eigenvalue weighted by molar-refractivity contribution is 0.137. The molecule has 0 saturated heterocycles. The van der Waals surface area contributed by atoms with Crippen LogP contribution >= 0.6 is 0 Å². The van der Waals surface area contributed by atoms with Crippen molar-refractivity contribution < 1.29 is 5.11 Å². The number of aliphatic hydroxyl groups excluding tert-OH is 1. The van der Waals surface area contributed by atoms with E-state index in [-0.39, 0.29) is 12.1 Å². The lowest BCUT2D eigenvalue weighted by Crippen LogP contribution is -2.49. The molecule has 1 atom stereocenters. The minimum Gasteiger partial charge on any atom is -0.394 e. The van der Waals surface area contributed by atoms with E-state index in [9.17, 15) is 5.11 Å². The predicted octanol–water partition coefficient (Wildman–Crippen LogP) is 2.00. The maximum absolute atomic E-state index is 9.66. The van der Waals surface area contributed by atoms with E-state index in [1.54, 1.807) is 0 Å². The molecule has 0 aromatic carbocycles. The second-order valence-electron chi connectivity index (χ2n) is 5.34. The number of hydrogen-bond donors (Lipinski definition) is 2. The highest BCUT2D eigenvalue weighted by Crippen LogP contribution is 2.26. The van der Waals surface area contributed by atoms with Gasteiger partial charge < -0.3 is 15.3 Å². The summed E-state index contributed by atoms with van der Waals surface area (Å²) in [7, 11) is 0. The minimum absolute atomic E-state index is 0.0195. The Balaban J connectivity index is 2.32. The minimum atomic E-state index is -0.0195. The third-order valence-electron chi connectivity index (χ3n) is 4.09. The molecule has 0 aromatic heterocycles. The summed E-state index contributed by atoms with van der Waals surface area (Å²) < 4.78 is 0. The molecule has 0 bridgehead atoms. The molecule has 3 nitrogen and oxygen atoms in total. The Labute approximate surface area is 107 Å². The molecule has 0 aliphatic heterocycles. The summed E-state index contributed by atoms with van der Waals surface area (Å²) in [5, 5.41) is 13.3. The summed E-state index contributed by atoms with van der Waals surface area (Å²) in [6, 6.07) is 0.676. The summed E-state index contributed by atoms with van der Waals surface area (Å²) in [5.74, 6) is 0. The SMILES string of the molecule is CCN(CC)CCCC(CC)(CO)NC1CC1. The molecule has 0 radical (unpaired) electrons. The van der Waals surface area contributed by atoms with Gasteiger partial charge in [0.05, 0.1) is 6.61 Å². The van der Waals surface area contributed by atoms with Crippen LogP contribution in [0.1, 0.15) is 52.9 Å². The van der Waals surface area contributed by atoms with Crippen molar-refractivity contribution >= 4 is 0 Å². The lowest BCUT2D eigenvalue weighted by atomic mass is 9.91. The largest absolute Gasteiger partial charge is 0.394 e. The Kier molecular flexibility index (Phi) is 6.45. The van der Waals surface area contributed by atoms with Crippen molar-refractivity contribution in [3.05, 3.63) is 0 Å². The number of aliphatic hydroxyl groups is 1. The normalized spacial score (nSPS) is 19.6. The molecule has 1 unspecified atom stereocenters. The highest BCUT2D eigenvalue weighted by Gasteiger charge is 2.33. The van der Waals surface area contributed by atoms with Gasteiger partial charge in [-0.05, 0) is 51.7 Å². The Hall–Kier alpha value is -0.120. The summed E-state index contributed by atoms with van der Waals surface area (Å²) in [6.07, 6.45) is 5.87. The van der Waals surface area contributed by atoms with Crippen LogP contribution in [0.3, 0.4) is 0 Å². The van der Waals surface area contributed by atoms with Crippen molar-refractivity contribution in [3.63, 3.8) is 0 Å². The smallest absolute Gasteiger partial charge is 0.0613 e. The van der Waals surface area contributed by atoms with E-state index in [1.807, 2.05) is 0 Å². The van der Waals surface area contributed by atoms with Crippen molar-refractivity contribution in [2.45, 2.75) is 64.5 Å². The van der Waals surface area contributed by atoms with Crippen LogP contribution in [0.4, 0.5) is 0 Å². The van der Waals surface area contributed by atoms with Crippen LogP contribution in [0, 0.1) is 0 Å². The molecule has 0 spiro atoms. The van der Waals surface area contributed by atoms with E-state index < -0.39 is 0 Å². The van der Waals surface area contributed by atoms with Gasteiger partial charge in [0.1, 0.15) is 0 Å². The van der Waals surface area contributed by atoms with E-state index in [2.05, 4.69) is 31.0 Å². The van der Waals surface area contributed by atoms with Crippen LogP contribution in [0.15, 0.2) is 0 Å². The van der Waals surface area contributed by atoms with Crippen LogP contribution in [0.5, 0.6) is 0 Å². The molecule has 0 heterocycles. The highest BCUT2D eigenvalue weighted by atomic mass is 16.3. The molecule has 3 heteroatoms. The van der Waals surface area contributed by atoms with Crippen LogP contribution in [-0.2, 0) is 0 Å². The monoisotopic (exact) mass is 242 g/mol. The van der Waals surface area contributed by atoms with Crippen molar-refractivity contribution in [1.29, 1.82) is 0 Å². The van der Waals surface area contributed by atoms with Crippen molar-refractivity contribution in [2.24, 2.45) is 0 Å². The molecular weight excluding hydrogens is 212 g/mol. The number of hydrogen-bond acceptors (Lipinski definition) is 3. The van der Waals surface area contributed by atoms with E-state index >= 15 is 0 Å². The fourth-order valence-corrected chi connectivity index (χ4v) is 2.43. The topological polar surface area (TPSA) is 35.5 Å². The molecular formula is C14H30N2O. The zero-order valence-corrected chi connectivity index (χ0v) is 11.8. The van der Waals surface area contributed by atoms with Crippen molar-refractivity contribution in [3.8, 4) is 0 Å². The first-order valence-electron chi connectivity index (χ1n) is 7.30. The number of nitrogens with zero attached hydrogens (tertiary/aromatic N) is 1. The van der Waals surface area contributed by atoms with Crippen LogP contribution in [0.25, 0.3) is 0 Å². The Bertz CT molecular complexity index is 196. The van der Waals surface area contributed by atoms with Gasteiger partial charge in [-0.2, -0.15) is 0 Å².